The average Bonchev–Trinajstić information content (AvgIpc) is 2.75. The van der Waals surface area contributed by atoms with Crippen molar-refractivity contribution < 1.29 is 14.3 Å². The number of benzene rings is 1. The van der Waals surface area contributed by atoms with Gasteiger partial charge >= 0.3 is 5.97 Å². The SMILES string of the molecule is O=C(O)c1ccoc1CNc1c(Cl)cc(Br)cc1Cl. The van der Waals surface area contributed by atoms with Crippen molar-refractivity contribution in [3.05, 3.63) is 50.3 Å². The Morgan fingerprint density at radius 3 is 2.58 bits per heavy atom. The van der Waals surface area contributed by atoms with E-state index >= 15 is 0 Å². The van der Waals surface area contributed by atoms with Crippen LogP contribution in [0.25, 0.3) is 0 Å². The Hall–Kier alpha value is -1.17. The number of halogens is 3. The second-order valence-electron chi connectivity index (χ2n) is 3.66. The van der Waals surface area contributed by atoms with Crippen molar-refractivity contribution in [3.8, 4) is 0 Å². The van der Waals surface area contributed by atoms with Crippen molar-refractivity contribution in [2.75, 3.05) is 5.32 Å². The molecular formula is C12H8BrCl2NO3. The number of aromatic carboxylic acids is 1. The zero-order chi connectivity index (χ0) is 14.0. The lowest BCUT2D eigenvalue weighted by Crippen LogP contribution is -2.05. The first kappa shape index (κ1) is 14.2. The van der Waals surface area contributed by atoms with Gasteiger partial charge in [-0.2, -0.15) is 0 Å². The van der Waals surface area contributed by atoms with Crippen molar-refractivity contribution in [2.45, 2.75) is 6.54 Å². The third-order valence-corrected chi connectivity index (χ3v) is 3.46. The molecule has 100 valence electrons. The molecule has 1 aromatic carbocycles. The fraction of sp³-hybridized carbons (Fsp3) is 0.0833. The molecule has 1 aromatic heterocycles. The molecule has 2 rings (SSSR count). The van der Waals surface area contributed by atoms with Crippen LogP contribution in [0.15, 0.2) is 33.4 Å². The van der Waals surface area contributed by atoms with Crippen LogP contribution in [0.5, 0.6) is 0 Å². The molecule has 0 aliphatic heterocycles. The molecule has 0 aliphatic carbocycles. The number of carboxylic acid groups (broad SMARTS) is 1. The lowest BCUT2D eigenvalue weighted by atomic mass is 10.2. The standard InChI is InChI=1S/C12H8BrCl2NO3/c13-6-3-8(14)11(9(15)4-6)16-5-10-7(12(17)18)1-2-19-10/h1-4,16H,5H2,(H,17,18). The van der Waals surface area contributed by atoms with E-state index in [0.29, 0.717) is 21.5 Å². The molecule has 0 saturated carbocycles. The minimum Gasteiger partial charge on any atom is -0.478 e. The third kappa shape index (κ3) is 3.23. The van der Waals surface area contributed by atoms with Gasteiger partial charge in [-0.05, 0) is 18.2 Å². The molecule has 0 amide bonds. The molecule has 0 unspecified atom stereocenters. The largest absolute Gasteiger partial charge is 0.478 e. The first-order chi connectivity index (χ1) is 8.99. The maximum Gasteiger partial charge on any atom is 0.339 e. The van der Waals surface area contributed by atoms with Gasteiger partial charge in [-0.15, -0.1) is 0 Å². The summed E-state index contributed by atoms with van der Waals surface area (Å²) in [5, 5.41) is 12.8. The fourth-order valence-electron chi connectivity index (χ4n) is 1.55. The summed E-state index contributed by atoms with van der Waals surface area (Å²) in [6.45, 7) is 0.176. The average molecular weight is 365 g/mol. The van der Waals surface area contributed by atoms with Crippen LogP contribution in [0.2, 0.25) is 10.0 Å². The number of rotatable bonds is 4. The summed E-state index contributed by atoms with van der Waals surface area (Å²) >= 11 is 15.4. The number of nitrogens with one attached hydrogen (secondary N) is 1. The van der Waals surface area contributed by atoms with E-state index in [2.05, 4.69) is 21.2 Å². The maximum absolute atomic E-state index is 10.9. The van der Waals surface area contributed by atoms with E-state index in [1.54, 1.807) is 12.1 Å². The zero-order valence-electron chi connectivity index (χ0n) is 9.41. The second-order valence-corrected chi connectivity index (χ2v) is 5.39. The van der Waals surface area contributed by atoms with Crippen molar-refractivity contribution in [2.24, 2.45) is 0 Å². The summed E-state index contributed by atoms with van der Waals surface area (Å²) in [4.78, 5) is 10.9. The number of carboxylic acids is 1. The zero-order valence-corrected chi connectivity index (χ0v) is 12.5. The number of furan rings is 1. The summed E-state index contributed by atoms with van der Waals surface area (Å²) in [5.41, 5.74) is 0.635. The molecule has 2 aromatic rings. The van der Waals surface area contributed by atoms with Gasteiger partial charge < -0.3 is 14.8 Å². The van der Waals surface area contributed by atoms with E-state index < -0.39 is 5.97 Å². The molecule has 19 heavy (non-hydrogen) atoms. The van der Waals surface area contributed by atoms with Crippen molar-refractivity contribution in [3.63, 3.8) is 0 Å². The molecule has 2 N–H and O–H groups in total. The number of carbonyl (C=O) groups is 1. The quantitative estimate of drug-likeness (QED) is 0.828. The fourth-order valence-corrected chi connectivity index (χ4v) is 2.89. The third-order valence-electron chi connectivity index (χ3n) is 2.41. The summed E-state index contributed by atoms with van der Waals surface area (Å²) in [6.07, 6.45) is 1.32. The van der Waals surface area contributed by atoms with E-state index in [0.717, 1.165) is 4.47 Å². The Morgan fingerprint density at radius 1 is 1.37 bits per heavy atom. The Morgan fingerprint density at radius 2 is 2.00 bits per heavy atom. The Balaban J connectivity index is 2.19. The minimum absolute atomic E-state index is 0.108. The van der Waals surface area contributed by atoms with Crippen LogP contribution in [-0.4, -0.2) is 11.1 Å². The molecule has 0 spiro atoms. The first-order valence-corrected chi connectivity index (χ1v) is 6.72. The predicted molar refractivity (Wildman–Crippen MR) is 77.2 cm³/mol. The Kier molecular flexibility index (Phi) is 4.39. The highest BCUT2D eigenvalue weighted by atomic mass is 79.9. The molecule has 0 bridgehead atoms. The maximum atomic E-state index is 10.9. The van der Waals surface area contributed by atoms with Crippen LogP contribution >= 0.6 is 39.1 Å². The van der Waals surface area contributed by atoms with Crippen LogP contribution < -0.4 is 5.32 Å². The molecule has 0 fully saturated rings. The summed E-state index contributed by atoms with van der Waals surface area (Å²) in [7, 11) is 0. The predicted octanol–water partition coefficient (Wildman–Crippen LogP) is 4.66. The highest BCUT2D eigenvalue weighted by molar-refractivity contribution is 9.10. The van der Waals surface area contributed by atoms with Gasteiger partial charge in [-0.1, -0.05) is 39.1 Å². The van der Waals surface area contributed by atoms with E-state index in [1.165, 1.54) is 12.3 Å². The molecular weight excluding hydrogens is 357 g/mol. The van der Waals surface area contributed by atoms with Gasteiger partial charge in [0.1, 0.15) is 11.3 Å². The molecule has 0 atom stereocenters. The van der Waals surface area contributed by atoms with Crippen LogP contribution in [0, 0.1) is 0 Å². The molecule has 0 radical (unpaired) electrons. The molecule has 0 aliphatic rings. The number of hydrogen-bond acceptors (Lipinski definition) is 3. The lowest BCUT2D eigenvalue weighted by Gasteiger charge is -2.10. The normalized spacial score (nSPS) is 10.5. The van der Waals surface area contributed by atoms with Crippen molar-refractivity contribution >= 4 is 50.8 Å². The van der Waals surface area contributed by atoms with Crippen molar-refractivity contribution in [1.82, 2.24) is 0 Å². The van der Waals surface area contributed by atoms with Gasteiger partial charge in [0.2, 0.25) is 0 Å². The van der Waals surface area contributed by atoms with E-state index in [9.17, 15) is 4.79 Å². The second kappa shape index (κ2) is 5.86. The Bertz CT molecular complexity index is 604. The van der Waals surface area contributed by atoms with E-state index in [1.807, 2.05) is 0 Å². The van der Waals surface area contributed by atoms with E-state index in [-0.39, 0.29) is 12.1 Å². The van der Waals surface area contributed by atoms with Crippen LogP contribution in [0.1, 0.15) is 16.1 Å². The van der Waals surface area contributed by atoms with Gasteiger partial charge in [0.25, 0.3) is 0 Å². The van der Waals surface area contributed by atoms with Gasteiger partial charge in [-0.25, -0.2) is 4.79 Å². The topological polar surface area (TPSA) is 62.5 Å². The molecule has 7 heteroatoms. The Labute approximate surface area is 127 Å². The van der Waals surface area contributed by atoms with Crippen LogP contribution in [-0.2, 0) is 6.54 Å². The molecule has 4 nitrogen and oxygen atoms in total. The number of anilines is 1. The van der Waals surface area contributed by atoms with Gasteiger partial charge in [0, 0.05) is 4.47 Å². The summed E-state index contributed by atoms with van der Waals surface area (Å²) in [6, 6.07) is 4.77. The lowest BCUT2D eigenvalue weighted by molar-refractivity contribution is 0.0694. The molecule has 1 heterocycles. The summed E-state index contributed by atoms with van der Waals surface area (Å²) in [5.74, 6) is -0.735. The smallest absolute Gasteiger partial charge is 0.339 e. The highest BCUT2D eigenvalue weighted by Gasteiger charge is 2.14. The highest BCUT2D eigenvalue weighted by Crippen LogP contribution is 2.34. The summed E-state index contributed by atoms with van der Waals surface area (Å²) < 4.78 is 5.87. The molecule has 0 saturated heterocycles. The minimum atomic E-state index is -1.04. The van der Waals surface area contributed by atoms with Gasteiger partial charge in [-0.3, -0.25) is 0 Å². The van der Waals surface area contributed by atoms with Gasteiger partial charge in [0.05, 0.1) is 28.5 Å². The van der Waals surface area contributed by atoms with E-state index in [4.69, 9.17) is 32.7 Å². The first-order valence-electron chi connectivity index (χ1n) is 5.17. The van der Waals surface area contributed by atoms with Gasteiger partial charge in [0.15, 0.2) is 0 Å². The van der Waals surface area contributed by atoms with Crippen molar-refractivity contribution in [1.29, 1.82) is 0 Å². The van der Waals surface area contributed by atoms with Crippen LogP contribution in [0.4, 0.5) is 5.69 Å². The number of hydrogen-bond donors (Lipinski definition) is 2. The van der Waals surface area contributed by atoms with Crippen LogP contribution in [0.3, 0.4) is 0 Å². The monoisotopic (exact) mass is 363 g/mol.